The van der Waals surface area contributed by atoms with Crippen LogP contribution < -0.4 is 0 Å². The molecule has 0 aliphatic rings. The lowest BCUT2D eigenvalue weighted by molar-refractivity contribution is -0.138. The van der Waals surface area contributed by atoms with Gasteiger partial charge in [-0.1, -0.05) is 31.9 Å². The van der Waals surface area contributed by atoms with Crippen molar-refractivity contribution >= 4 is 31.9 Å². The Kier molecular flexibility index (Phi) is 3.07. The Hall–Kier alpha value is -0.0300. The summed E-state index contributed by atoms with van der Waals surface area (Å²) < 4.78 is 37.3. The van der Waals surface area contributed by atoms with Crippen LogP contribution in [0.25, 0.3) is 0 Å². The van der Waals surface area contributed by atoms with Crippen LogP contribution in [0.5, 0.6) is 0 Å². The molecule has 1 rings (SSSR count). The molecule has 0 aliphatic heterocycles. The van der Waals surface area contributed by atoms with Crippen molar-refractivity contribution in [3.8, 4) is 0 Å². The van der Waals surface area contributed by atoms with Crippen molar-refractivity contribution in [3.63, 3.8) is 0 Å². The fraction of sp³-hybridized carbons (Fsp3) is 0.250. The fourth-order valence-corrected chi connectivity index (χ4v) is 2.84. The van der Waals surface area contributed by atoms with Gasteiger partial charge in [-0.2, -0.15) is 13.2 Å². The van der Waals surface area contributed by atoms with E-state index in [4.69, 9.17) is 0 Å². The van der Waals surface area contributed by atoms with Gasteiger partial charge in [-0.3, -0.25) is 0 Å². The van der Waals surface area contributed by atoms with Gasteiger partial charge in [-0.05, 0) is 24.6 Å². The van der Waals surface area contributed by atoms with Gasteiger partial charge in [0.05, 0.1) is 5.56 Å². The molecular weight excluding hydrogens is 313 g/mol. The average Bonchev–Trinajstić information content (AvgIpc) is 1.78. The van der Waals surface area contributed by atoms with E-state index in [-0.39, 0.29) is 8.95 Å². The predicted octanol–water partition coefficient (Wildman–Crippen LogP) is 4.54. The van der Waals surface area contributed by atoms with Crippen LogP contribution in [0.3, 0.4) is 0 Å². The molecule has 72 valence electrons. The van der Waals surface area contributed by atoms with Gasteiger partial charge < -0.3 is 0 Å². The molecule has 5 heteroatoms. The Morgan fingerprint density at radius 2 is 1.46 bits per heavy atom. The van der Waals surface area contributed by atoms with Crippen LogP contribution in [0.15, 0.2) is 21.1 Å². The van der Waals surface area contributed by atoms with Crippen molar-refractivity contribution < 1.29 is 13.2 Å². The summed E-state index contributed by atoms with van der Waals surface area (Å²) in [6.07, 6.45) is -4.33. The van der Waals surface area contributed by atoms with Crippen LogP contribution in [-0.4, -0.2) is 0 Å². The van der Waals surface area contributed by atoms with Crippen LogP contribution >= 0.6 is 31.9 Å². The summed E-state index contributed by atoms with van der Waals surface area (Å²) in [5, 5.41) is 0. The predicted molar refractivity (Wildman–Crippen MR) is 51.6 cm³/mol. The first-order valence-electron chi connectivity index (χ1n) is 3.35. The topological polar surface area (TPSA) is 0 Å². The van der Waals surface area contributed by atoms with Gasteiger partial charge in [0.15, 0.2) is 0 Å². The van der Waals surface area contributed by atoms with Gasteiger partial charge in [-0.15, -0.1) is 0 Å². The van der Waals surface area contributed by atoms with Gasteiger partial charge in [0.2, 0.25) is 0 Å². The van der Waals surface area contributed by atoms with Crippen LogP contribution in [0, 0.1) is 6.92 Å². The highest BCUT2D eigenvalue weighted by atomic mass is 79.9. The van der Waals surface area contributed by atoms with Crippen molar-refractivity contribution in [2.24, 2.45) is 0 Å². The van der Waals surface area contributed by atoms with Crippen LogP contribution in [0.2, 0.25) is 0 Å². The Balaban J connectivity index is 3.38. The monoisotopic (exact) mass is 316 g/mol. The molecule has 1 aromatic rings. The lowest BCUT2D eigenvalue weighted by atomic mass is 10.1. The van der Waals surface area contributed by atoms with Crippen molar-refractivity contribution in [3.05, 3.63) is 32.2 Å². The highest BCUT2D eigenvalue weighted by Crippen LogP contribution is 2.40. The first-order valence-corrected chi connectivity index (χ1v) is 4.94. The van der Waals surface area contributed by atoms with Gasteiger partial charge in [0.25, 0.3) is 0 Å². The third-order valence-corrected chi connectivity index (χ3v) is 2.72. The van der Waals surface area contributed by atoms with E-state index in [2.05, 4.69) is 31.9 Å². The molecule has 0 radical (unpaired) electrons. The zero-order chi connectivity index (χ0) is 10.2. The average molecular weight is 318 g/mol. The lowest BCUT2D eigenvalue weighted by Gasteiger charge is -2.11. The summed E-state index contributed by atoms with van der Waals surface area (Å²) in [6, 6.07) is 2.88. The second-order valence-electron chi connectivity index (χ2n) is 2.60. The Morgan fingerprint density at radius 1 is 1.08 bits per heavy atom. The molecule has 0 bridgehead atoms. The number of halogens is 5. The number of rotatable bonds is 0. The van der Waals surface area contributed by atoms with Crippen LogP contribution in [0.4, 0.5) is 13.2 Å². The largest absolute Gasteiger partial charge is 0.418 e. The Labute approximate surface area is 90.4 Å². The number of benzene rings is 1. The van der Waals surface area contributed by atoms with Gasteiger partial charge in [-0.25, -0.2) is 0 Å². The summed E-state index contributed by atoms with van der Waals surface area (Å²) in [6.45, 7) is 1.73. The van der Waals surface area contributed by atoms with Gasteiger partial charge >= 0.3 is 6.18 Å². The molecule has 0 fully saturated rings. The second-order valence-corrected chi connectivity index (χ2v) is 4.31. The maximum absolute atomic E-state index is 12.4. The van der Waals surface area contributed by atoms with E-state index in [0.717, 1.165) is 5.56 Å². The second kappa shape index (κ2) is 3.61. The van der Waals surface area contributed by atoms with E-state index >= 15 is 0 Å². The SMILES string of the molecule is Cc1cc(Br)c(C(F)(F)F)c(Br)c1. The van der Waals surface area contributed by atoms with Crippen molar-refractivity contribution in [1.82, 2.24) is 0 Å². The normalized spacial score (nSPS) is 11.8. The van der Waals surface area contributed by atoms with Gasteiger partial charge in [0.1, 0.15) is 0 Å². The minimum absolute atomic E-state index is 0.0619. The molecule has 0 spiro atoms. The number of aryl methyl sites for hydroxylation is 1. The molecule has 0 saturated carbocycles. The minimum atomic E-state index is -4.33. The van der Waals surface area contributed by atoms with Gasteiger partial charge in [0, 0.05) is 8.95 Å². The highest BCUT2D eigenvalue weighted by molar-refractivity contribution is 9.11. The standard InChI is InChI=1S/C8H5Br2F3/c1-4-2-5(9)7(6(10)3-4)8(11,12)13/h2-3H,1H3. The number of hydrogen-bond acceptors (Lipinski definition) is 0. The summed E-state index contributed by atoms with van der Waals surface area (Å²) in [5.74, 6) is 0. The lowest BCUT2D eigenvalue weighted by Crippen LogP contribution is -2.07. The zero-order valence-electron chi connectivity index (χ0n) is 6.54. The molecular formula is C8H5Br2F3. The molecule has 0 N–H and O–H groups in total. The molecule has 0 saturated heterocycles. The Bertz CT molecular complexity index is 308. The smallest absolute Gasteiger partial charge is 0.166 e. The molecule has 0 unspecified atom stereocenters. The quantitative estimate of drug-likeness (QED) is 0.659. The van der Waals surface area contributed by atoms with E-state index in [1.165, 1.54) is 12.1 Å². The molecule has 0 nitrogen and oxygen atoms in total. The molecule has 13 heavy (non-hydrogen) atoms. The fourth-order valence-electron chi connectivity index (χ4n) is 0.971. The molecule has 0 atom stereocenters. The summed E-state index contributed by atoms with van der Waals surface area (Å²) in [4.78, 5) is 0. The molecule has 1 aromatic carbocycles. The van der Waals surface area contributed by atoms with E-state index in [0.29, 0.717) is 0 Å². The molecule has 0 heterocycles. The molecule has 0 amide bonds. The minimum Gasteiger partial charge on any atom is -0.166 e. The third-order valence-electron chi connectivity index (χ3n) is 1.47. The van der Waals surface area contributed by atoms with E-state index < -0.39 is 11.7 Å². The molecule has 0 aromatic heterocycles. The van der Waals surface area contributed by atoms with E-state index in [1.807, 2.05) is 0 Å². The number of hydrogen-bond donors (Lipinski definition) is 0. The highest BCUT2D eigenvalue weighted by Gasteiger charge is 2.35. The Morgan fingerprint density at radius 3 is 1.77 bits per heavy atom. The third kappa shape index (κ3) is 2.47. The van der Waals surface area contributed by atoms with Crippen molar-refractivity contribution in [1.29, 1.82) is 0 Å². The maximum Gasteiger partial charge on any atom is 0.418 e. The summed E-state index contributed by atoms with van der Waals surface area (Å²) in [5.41, 5.74) is 0.102. The van der Waals surface area contributed by atoms with Crippen molar-refractivity contribution in [2.45, 2.75) is 13.1 Å². The number of alkyl halides is 3. The summed E-state index contributed by atoms with van der Waals surface area (Å²) in [7, 11) is 0. The first-order chi connectivity index (χ1) is 5.82. The maximum atomic E-state index is 12.4. The molecule has 0 aliphatic carbocycles. The van der Waals surface area contributed by atoms with E-state index in [9.17, 15) is 13.2 Å². The van der Waals surface area contributed by atoms with Crippen molar-refractivity contribution in [2.75, 3.05) is 0 Å². The van der Waals surface area contributed by atoms with E-state index in [1.54, 1.807) is 6.92 Å². The first kappa shape index (κ1) is 11.0. The summed E-state index contributed by atoms with van der Waals surface area (Å²) >= 11 is 5.77. The van der Waals surface area contributed by atoms with Crippen LogP contribution in [-0.2, 0) is 6.18 Å². The zero-order valence-corrected chi connectivity index (χ0v) is 9.72. The van der Waals surface area contributed by atoms with Crippen LogP contribution in [0.1, 0.15) is 11.1 Å².